The smallest absolute Gasteiger partial charge is 0.338 e. The molecule has 0 amide bonds. The second-order valence-corrected chi connectivity index (χ2v) is 12.5. The van der Waals surface area contributed by atoms with Gasteiger partial charge in [-0.25, -0.2) is 9.59 Å². The number of rotatable bonds is 8. The van der Waals surface area contributed by atoms with Crippen LogP contribution in [-0.4, -0.2) is 35.7 Å². The second kappa shape index (κ2) is 13.9. The molecule has 6 nitrogen and oxygen atoms in total. The maximum absolute atomic E-state index is 12.0. The molecule has 2 heterocycles. The monoisotopic (exact) mass is 652 g/mol. The van der Waals surface area contributed by atoms with Crippen molar-refractivity contribution in [2.45, 2.75) is 32.2 Å². The number of methoxy groups -OCH3 is 2. The molecule has 1 saturated carbocycles. The van der Waals surface area contributed by atoms with Crippen LogP contribution >= 0.6 is 23.2 Å². The highest BCUT2D eigenvalue weighted by molar-refractivity contribution is 6.31. The summed E-state index contributed by atoms with van der Waals surface area (Å²) in [6.45, 7) is 1.12. The SMILES string of the molecule is COC(=O)c1cc(Cl)ccc1Cc1ccc2[nH]ccc2c1.COC(=O)c1cc(Cl)ccc1Cc1ccc2c(ccn2CC2CC2)c1. The maximum atomic E-state index is 12.0. The topological polar surface area (TPSA) is 73.3 Å². The molecule has 1 aliphatic carbocycles. The second-order valence-electron chi connectivity index (χ2n) is 11.6. The largest absolute Gasteiger partial charge is 0.465 e. The number of aromatic nitrogens is 2. The Kier molecular flexibility index (Phi) is 9.48. The van der Waals surface area contributed by atoms with Crippen molar-refractivity contribution in [3.8, 4) is 0 Å². The Labute approximate surface area is 277 Å². The number of carbonyl (C=O) groups excluding carboxylic acids is 2. The summed E-state index contributed by atoms with van der Waals surface area (Å²) in [4.78, 5) is 27.0. The molecule has 8 heteroatoms. The lowest BCUT2D eigenvalue weighted by molar-refractivity contribution is 0.0590. The zero-order valence-electron chi connectivity index (χ0n) is 25.7. The average molecular weight is 654 g/mol. The van der Waals surface area contributed by atoms with E-state index >= 15 is 0 Å². The van der Waals surface area contributed by atoms with Crippen molar-refractivity contribution in [2.24, 2.45) is 5.92 Å². The highest BCUT2D eigenvalue weighted by Crippen LogP contribution is 2.32. The van der Waals surface area contributed by atoms with Crippen molar-refractivity contribution >= 4 is 56.9 Å². The molecule has 0 aliphatic heterocycles. The van der Waals surface area contributed by atoms with Crippen molar-refractivity contribution < 1.29 is 19.1 Å². The Hall–Kier alpha value is -4.52. The molecular weight excluding hydrogens is 619 g/mol. The molecule has 1 fully saturated rings. The van der Waals surface area contributed by atoms with Gasteiger partial charge in [0.25, 0.3) is 0 Å². The normalized spacial score (nSPS) is 12.5. The van der Waals surface area contributed by atoms with Gasteiger partial charge in [-0.05, 0) is 125 Å². The molecule has 4 aromatic carbocycles. The molecule has 0 atom stereocenters. The first-order chi connectivity index (χ1) is 22.3. The third kappa shape index (κ3) is 7.30. The number of hydrogen-bond donors (Lipinski definition) is 1. The molecule has 0 bridgehead atoms. The zero-order chi connectivity index (χ0) is 32.2. The predicted molar refractivity (Wildman–Crippen MR) is 184 cm³/mol. The van der Waals surface area contributed by atoms with Gasteiger partial charge in [0.1, 0.15) is 0 Å². The third-order valence-electron chi connectivity index (χ3n) is 8.35. The van der Waals surface area contributed by atoms with Gasteiger partial charge in [0, 0.05) is 40.0 Å². The third-order valence-corrected chi connectivity index (χ3v) is 8.82. The summed E-state index contributed by atoms with van der Waals surface area (Å²) in [6.07, 6.45) is 8.12. The van der Waals surface area contributed by atoms with Crippen LogP contribution in [0.1, 0.15) is 55.8 Å². The summed E-state index contributed by atoms with van der Waals surface area (Å²) >= 11 is 12.0. The molecule has 234 valence electrons. The number of nitrogens with zero attached hydrogens (tertiary/aromatic N) is 1. The molecule has 2 aromatic heterocycles. The van der Waals surface area contributed by atoms with Crippen LogP contribution in [0.3, 0.4) is 0 Å². The van der Waals surface area contributed by atoms with Crippen molar-refractivity contribution in [2.75, 3.05) is 14.2 Å². The minimum absolute atomic E-state index is 0.353. The van der Waals surface area contributed by atoms with Gasteiger partial charge in [0.2, 0.25) is 0 Å². The van der Waals surface area contributed by atoms with Crippen LogP contribution in [0.5, 0.6) is 0 Å². The van der Waals surface area contributed by atoms with E-state index in [9.17, 15) is 9.59 Å². The number of fused-ring (bicyclic) bond motifs is 2. The highest BCUT2D eigenvalue weighted by atomic mass is 35.5. The number of aromatic amines is 1. The van der Waals surface area contributed by atoms with Crippen molar-refractivity contribution in [3.05, 3.63) is 141 Å². The minimum atomic E-state index is -0.366. The Morgan fingerprint density at radius 2 is 1.33 bits per heavy atom. The first kappa shape index (κ1) is 31.5. The molecule has 7 rings (SSSR count). The number of ether oxygens (including phenoxy) is 2. The van der Waals surface area contributed by atoms with E-state index in [-0.39, 0.29) is 11.9 Å². The quantitative estimate of drug-likeness (QED) is 0.166. The van der Waals surface area contributed by atoms with Gasteiger partial charge in [-0.1, -0.05) is 47.5 Å². The first-order valence-corrected chi connectivity index (χ1v) is 15.9. The van der Waals surface area contributed by atoms with E-state index in [0.29, 0.717) is 34.0 Å². The number of esters is 2. The van der Waals surface area contributed by atoms with Crippen LogP contribution < -0.4 is 0 Å². The summed E-state index contributed by atoms with van der Waals surface area (Å²) in [5.74, 6) is 0.136. The van der Waals surface area contributed by atoms with Crippen LogP contribution in [0.4, 0.5) is 0 Å². The number of nitrogens with one attached hydrogen (secondary N) is 1. The average Bonchev–Trinajstić information content (AvgIpc) is 3.61. The van der Waals surface area contributed by atoms with Crippen LogP contribution in [0.25, 0.3) is 21.8 Å². The van der Waals surface area contributed by atoms with E-state index < -0.39 is 0 Å². The van der Waals surface area contributed by atoms with E-state index in [1.165, 1.54) is 43.5 Å². The van der Waals surface area contributed by atoms with Crippen LogP contribution in [0.2, 0.25) is 10.0 Å². The number of carbonyl (C=O) groups is 2. The fourth-order valence-corrected chi connectivity index (χ4v) is 6.10. The summed E-state index contributed by atoms with van der Waals surface area (Å²) in [7, 11) is 2.76. The zero-order valence-corrected chi connectivity index (χ0v) is 27.2. The number of halogens is 2. The van der Waals surface area contributed by atoms with Gasteiger partial charge in [-0.2, -0.15) is 0 Å². The summed E-state index contributed by atoms with van der Waals surface area (Å²) in [5.41, 5.74) is 7.55. The van der Waals surface area contributed by atoms with Crippen LogP contribution in [0, 0.1) is 5.92 Å². The molecule has 6 aromatic rings. The first-order valence-electron chi connectivity index (χ1n) is 15.2. The lowest BCUT2D eigenvalue weighted by Gasteiger charge is -2.10. The minimum Gasteiger partial charge on any atom is -0.465 e. The van der Waals surface area contributed by atoms with E-state index in [2.05, 4.69) is 52.1 Å². The highest BCUT2D eigenvalue weighted by Gasteiger charge is 2.22. The van der Waals surface area contributed by atoms with E-state index in [0.717, 1.165) is 40.1 Å². The van der Waals surface area contributed by atoms with Gasteiger partial charge in [0.15, 0.2) is 0 Å². The maximum Gasteiger partial charge on any atom is 0.338 e. The molecular formula is C38H34Cl2N2O4. The van der Waals surface area contributed by atoms with Gasteiger partial charge in [-0.15, -0.1) is 0 Å². The summed E-state index contributed by atoms with van der Waals surface area (Å²) in [6, 6.07) is 27.6. The molecule has 0 unspecified atom stereocenters. The Bertz CT molecular complexity index is 2040. The fraction of sp³-hybridized carbons (Fsp3) is 0.211. The summed E-state index contributed by atoms with van der Waals surface area (Å²) in [5, 5.41) is 3.46. The Balaban J connectivity index is 0.000000164. The van der Waals surface area contributed by atoms with Crippen LogP contribution in [-0.2, 0) is 28.9 Å². The molecule has 0 spiro atoms. The van der Waals surface area contributed by atoms with Gasteiger partial charge in [-0.3, -0.25) is 0 Å². The van der Waals surface area contributed by atoms with Crippen molar-refractivity contribution in [1.29, 1.82) is 0 Å². The lowest BCUT2D eigenvalue weighted by Crippen LogP contribution is -2.06. The van der Waals surface area contributed by atoms with E-state index in [1.54, 1.807) is 18.2 Å². The van der Waals surface area contributed by atoms with Crippen molar-refractivity contribution in [1.82, 2.24) is 9.55 Å². The number of hydrogen-bond acceptors (Lipinski definition) is 4. The van der Waals surface area contributed by atoms with E-state index in [1.807, 2.05) is 36.5 Å². The van der Waals surface area contributed by atoms with Gasteiger partial charge >= 0.3 is 11.9 Å². The molecule has 1 aliphatic rings. The lowest BCUT2D eigenvalue weighted by atomic mass is 9.99. The molecule has 0 saturated heterocycles. The predicted octanol–water partition coefficient (Wildman–Crippen LogP) is 9.28. The fourth-order valence-electron chi connectivity index (χ4n) is 5.76. The molecule has 1 N–H and O–H groups in total. The Morgan fingerprint density at radius 3 is 1.91 bits per heavy atom. The number of H-pyrrole nitrogens is 1. The van der Waals surface area contributed by atoms with Gasteiger partial charge in [0.05, 0.1) is 25.3 Å². The number of benzene rings is 4. The van der Waals surface area contributed by atoms with Gasteiger partial charge < -0.3 is 19.0 Å². The van der Waals surface area contributed by atoms with Crippen molar-refractivity contribution in [3.63, 3.8) is 0 Å². The standard InChI is InChI=1S/C21H20ClNO2.C17H14ClNO2/c1-25-21(24)19-12-18(22)6-5-16(19)10-15-4-7-20-17(11-15)8-9-23(20)13-14-2-3-14;1-21-17(20)15-10-14(18)4-3-12(15)8-11-2-5-16-13(9-11)6-7-19-16/h4-9,11-12,14H,2-3,10,13H2,1H3;2-7,9-10,19H,8H2,1H3. The van der Waals surface area contributed by atoms with E-state index in [4.69, 9.17) is 32.7 Å². The summed E-state index contributed by atoms with van der Waals surface area (Å²) < 4.78 is 12.1. The molecule has 0 radical (unpaired) electrons. The molecule has 46 heavy (non-hydrogen) atoms. The van der Waals surface area contributed by atoms with Crippen LogP contribution in [0.15, 0.2) is 97.3 Å². The Morgan fingerprint density at radius 1 is 0.739 bits per heavy atom.